The van der Waals surface area contributed by atoms with E-state index in [1.165, 1.54) is 24.0 Å². The van der Waals surface area contributed by atoms with Crippen LogP contribution in [0.5, 0.6) is 0 Å². The molecule has 1 saturated heterocycles. The normalized spacial score (nSPS) is 26.3. The molecule has 0 N–H and O–H groups in total. The lowest BCUT2D eigenvalue weighted by Crippen LogP contribution is -2.44. The van der Waals surface area contributed by atoms with Crippen LogP contribution in [-0.4, -0.2) is 47.3 Å². The van der Waals surface area contributed by atoms with Gasteiger partial charge in [-0.05, 0) is 48.7 Å². The number of amides is 1. The van der Waals surface area contributed by atoms with Crippen LogP contribution in [0.15, 0.2) is 53.1 Å². The Bertz CT molecular complexity index is 827. The van der Waals surface area contributed by atoms with Crippen LogP contribution in [0.25, 0.3) is 6.08 Å². The highest BCUT2D eigenvalue weighted by molar-refractivity contribution is 6.38. The van der Waals surface area contributed by atoms with Crippen LogP contribution in [0, 0.1) is 0 Å². The predicted molar refractivity (Wildman–Crippen MR) is 119 cm³/mol. The van der Waals surface area contributed by atoms with Crippen LogP contribution >= 0.6 is 35.6 Å². The first-order chi connectivity index (χ1) is 13.1. The number of benzene rings is 1. The first kappa shape index (κ1) is 21.4. The van der Waals surface area contributed by atoms with Crippen molar-refractivity contribution in [2.45, 2.75) is 36.7 Å². The second kappa shape index (κ2) is 9.04. The molecule has 150 valence electrons. The highest BCUT2D eigenvalue weighted by Gasteiger charge is 2.36. The van der Waals surface area contributed by atoms with Gasteiger partial charge in [0.25, 0.3) is 0 Å². The van der Waals surface area contributed by atoms with Crippen LogP contribution in [-0.2, 0) is 4.79 Å². The quantitative estimate of drug-likeness (QED) is 0.605. The van der Waals surface area contributed by atoms with E-state index in [-0.39, 0.29) is 35.8 Å². The number of allylic oxidation sites excluding steroid dienone is 2. The van der Waals surface area contributed by atoms with E-state index < -0.39 is 0 Å². The Labute approximate surface area is 183 Å². The van der Waals surface area contributed by atoms with E-state index in [1.54, 1.807) is 0 Å². The van der Waals surface area contributed by atoms with Crippen molar-refractivity contribution in [3.8, 4) is 0 Å². The van der Waals surface area contributed by atoms with Crippen molar-refractivity contribution in [1.82, 2.24) is 9.80 Å². The third-order valence-electron chi connectivity index (χ3n) is 5.85. The Hall–Kier alpha value is -1.26. The number of hydrogen-bond acceptors (Lipinski definition) is 2. The van der Waals surface area contributed by atoms with Crippen molar-refractivity contribution in [2.24, 2.45) is 0 Å². The average molecular weight is 440 g/mol. The molecule has 3 nitrogen and oxygen atoms in total. The van der Waals surface area contributed by atoms with E-state index in [0.29, 0.717) is 11.5 Å². The number of rotatable bonds is 4. The summed E-state index contributed by atoms with van der Waals surface area (Å²) in [4.78, 5) is 17.3. The van der Waals surface area contributed by atoms with E-state index in [4.69, 9.17) is 23.2 Å². The highest BCUT2D eigenvalue weighted by atomic mass is 35.5. The molecule has 1 fully saturated rings. The summed E-state index contributed by atoms with van der Waals surface area (Å²) in [6.07, 6.45) is 10.7. The lowest BCUT2D eigenvalue weighted by molar-refractivity contribution is -0.130. The van der Waals surface area contributed by atoms with E-state index in [2.05, 4.69) is 29.2 Å². The Morgan fingerprint density at radius 1 is 1.21 bits per heavy atom. The van der Waals surface area contributed by atoms with Gasteiger partial charge in [-0.15, -0.1) is 24.0 Å². The molecule has 1 aromatic carbocycles. The molecule has 0 saturated carbocycles. The SMILES string of the molecule is CN(C(=O)CC1=CC=C(Cl)[C@H](Cl)[C@H]1N1CCCC1)C1C=Cc2ccccc21.Cl. The van der Waals surface area contributed by atoms with Gasteiger partial charge < -0.3 is 4.90 Å². The number of carbonyl (C=O) groups is 1. The van der Waals surface area contributed by atoms with Gasteiger partial charge in [-0.25, -0.2) is 0 Å². The summed E-state index contributed by atoms with van der Waals surface area (Å²) in [6, 6.07) is 8.23. The summed E-state index contributed by atoms with van der Waals surface area (Å²) in [5, 5.41) is 0.376. The number of halogens is 3. The van der Waals surface area contributed by atoms with E-state index in [1.807, 2.05) is 36.2 Å². The van der Waals surface area contributed by atoms with E-state index >= 15 is 0 Å². The average Bonchev–Trinajstić information content (AvgIpc) is 3.34. The molecular formula is C22H25Cl3N2O. The zero-order valence-electron chi connectivity index (χ0n) is 15.9. The van der Waals surface area contributed by atoms with Crippen LogP contribution in [0.4, 0.5) is 0 Å². The summed E-state index contributed by atoms with van der Waals surface area (Å²) in [6.45, 7) is 2.02. The van der Waals surface area contributed by atoms with Gasteiger partial charge in [0.2, 0.25) is 5.91 Å². The third-order valence-corrected chi connectivity index (χ3v) is 6.80. The molecule has 6 heteroatoms. The Balaban J connectivity index is 0.00000225. The molecule has 1 amide bonds. The fourth-order valence-corrected chi connectivity index (χ4v) is 4.92. The minimum absolute atomic E-state index is 0. The number of carbonyl (C=O) groups excluding carboxylic acids is 1. The van der Waals surface area contributed by atoms with Gasteiger partial charge in [-0.2, -0.15) is 0 Å². The number of hydrogen-bond donors (Lipinski definition) is 0. The van der Waals surface area contributed by atoms with Crippen LogP contribution in [0.3, 0.4) is 0 Å². The number of likely N-dealkylation sites (N-methyl/N-ethyl adjacent to an activating group) is 1. The molecule has 1 aromatic rings. The molecule has 3 atom stereocenters. The molecule has 1 unspecified atom stereocenters. The van der Waals surface area contributed by atoms with E-state index in [0.717, 1.165) is 18.7 Å². The fraction of sp³-hybridized carbons (Fsp3) is 0.409. The largest absolute Gasteiger partial charge is 0.335 e. The topological polar surface area (TPSA) is 23.6 Å². The number of nitrogens with zero attached hydrogens (tertiary/aromatic N) is 2. The standard InChI is InChI=1S/C22H24Cl2N2O.ClH/c1-25(19-11-9-15-6-2-3-7-17(15)19)20(27)14-16-8-10-18(23)21(24)22(16)26-12-4-5-13-26;/h2-3,6-11,19,21-22H,4-5,12-14H2,1H3;1H/t19?,21-,22-;/m0./s1. The smallest absolute Gasteiger partial charge is 0.227 e. The molecule has 3 aliphatic rings. The molecule has 1 aliphatic heterocycles. The van der Waals surface area contributed by atoms with Gasteiger partial charge in [-0.1, -0.05) is 54.1 Å². The first-order valence-electron chi connectivity index (χ1n) is 9.53. The van der Waals surface area contributed by atoms with Gasteiger partial charge >= 0.3 is 0 Å². The number of alkyl halides is 1. The number of likely N-dealkylation sites (tertiary alicyclic amines) is 1. The lowest BCUT2D eigenvalue weighted by Gasteiger charge is -2.36. The molecule has 0 aromatic heterocycles. The van der Waals surface area contributed by atoms with Gasteiger partial charge in [-0.3, -0.25) is 9.69 Å². The summed E-state index contributed by atoms with van der Waals surface area (Å²) >= 11 is 13.0. The minimum atomic E-state index is -0.282. The Kier molecular flexibility index (Phi) is 6.93. The van der Waals surface area contributed by atoms with Gasteiger partial charge in [0.15, 0.2) is 0 Å². The monoisotopic (exact) mass is 438 g/mol. The molecule has 0 bridgehead atoms. The van der Waals surface area contributed by atoms with Crippen LogP contribution in [0.2, 0.25) is 0 Å². The van der Waals surface area contributed by atoms with Crippen molar-refractivity contribution in [1.29, 1.82) is 0 Å². The van der Waals surface area contributed by atoms with Crippen LogP contribution in [0.1, 0.15) is 36.4 Å². The predicted octanol–water partition coefficient (Wildman–Crippen LogP) is 5.16. The fourth-order valence-electron chi connectivity index (χ4n) is 4.34. The Morgan fingerprint density at radius 2 is 1.93 bits per heavy atom. The van der Waals surface area contributed by atoms with Crippen molar-refractivity contribution in [2.75, 3.05) is 20.1 Å². The van der Waals surface area contributed by atoms with E-state index in [9.17, 15) is 4.79 Å². The molecule has 1 heterocycles. The zero-order chi connectivity index (χ0) is 19.0. The third kappa shape index (κ3) is 4.04. The van der Waals surface area contributed by atoms with Crippen molar-refractivity contribution < 1.29 is 4.79 Å². The second-order valence-corrected chi connectivity index (χ2v) is 8.40. The maximum atomic E-state index is 13.1. The lowest BCUT2D eigenvalue weighted by atomic mass is 9.93. The zero-order valence-corrected chi connectivity index (χ0v) is 18.2. The summed E-state index contributed by atoms with van der Waals surface area (Å²) < 4.78 is 0. The molecule has 2 aliphatic carbocycles. The van der Waals surface area contributed by atoms with Crippen molar-refractivity contribution >= 4 is 47.6 Å². The minimum Gasteiger partial charge on any atom is -0.335 e. The van der Waals surface area contributed by atoms with Gasteiger partial charge in [0, 0.05) is 18.5 Å². The summed E-state index contributed by atoms with van der Waals surface area (Å²) in [5.74, 6) is 0.104. The van der Waals surface area contributed by atoms with Crippen LogP contribution < -0.4 is 0 Å². The summed E-state index contributed by atoms with van der Waals surface area (Å²) in [7, 11) is 1.88. The molecule has 4 rings (SSSR count). The molecular weight excluding hydrogens is 415 g/mol. The summed E-state index contributed by atoms with van der Waals surface area (Å²) in [5.41, 5.74) is 3.43. The van der Waals surface area contributed by atoms with Gasteiger partial charge in [0.1, 0.15) is 0 Å². The van der Waals surface area contributed by atoms with Crippen molar-refractivity contribution in [3.05, 3.63) is 64.2 Å². The maximum absolute atomic E-state index is 13.1. The Morgan fingerprint density at radius 3 is 2.68 bits per heavy atom. The maximum Gasteiger partial charge on any atom is 0.227 e. The second-order valence-electron chi connectivity index (χ2n) is 7.50. The number of fused-ring (bicyclic) bond motifs is 1. The molecule has 28 heavy (non-hydrogen) atoms. The van der Waals surface area contributed by atoms with Crippen molar-refractivity contribution in [3.63, 3.8) is 0 Å². The van der Waals surface area contributed by atoms with Gasteiger partial charge in [0.05, 0.1) is 17.5 Å². The highest BCUT2D eigenvalue weighted by Crippen LogP contribution is 2.36. The first-order valence-corrected chi connectivity index (χ1v) is 10.3. The molecule has 0 radical (unpaired) electrons. The molecule has 0 spiro atoms.